The molecule has 0 saturated carbocycles. The summed E-state index contributed by atoms with van der Waals surface area (Å²) in [6, 6.07) is 11.3. The molecule has 0 fully saturated rings. The van der Waals surface area contributed by atoms with Gasteiger partial charge < -0.3 is 28.3 Å². The molecule has 0 aromatic heterocycles. The van der Waals surface area contributed by atoms with Crippen LogP contribution >= 0.6 is 23.5 Å². The predicted molar refractivity (Wildman–Crippen MR) is 130 cm³/mol. The molecular formula is C25H42Li2OS2. The molecule has 1 aromatic rings. The van der Waals surface area contributed by atoms with E-state index < -0.39 is 0 Å². The monoisotopic (exact) mass is 436 g/mol. The van der Waals surface area contributed by atoms with E-state index in [9.17, 15) is 0 Å². The van der Waals surface area contributed by atoms with Gasteiger partial charge in [-0.1, -0.05) is 80.1 Å². The van der Waals surface area contributed by atoms with Crippen molar-refractivity contribution in [3.8, 4) is 0 Å². The molecule has 1 aromatic carbocycles. The van der Waals surface area contributed by atoms with Gasteiger partial charge >= 0.3 is 37.7 Å². The fourth-order valence-corrected chi connectivity index (χ4v) is 6.08. The predicted octanol–water partition coefficient (Wildman–Crippen LogP) is 2.54. The molecule has 1 rings (SSSR count). The quantitative estimate of drug-likeness (QED) is 0.238. The minimum absolute atomic E-state index is 0. The molecule has 30 heavy (non-hydrogen) atoms. The van der Waals surface area contributed by atoms with Crippen molar-refractivity contribution >= 4 is 23.5 Å². The van der Waals surface area contributed by atoms with Crippen LogP contribution in [-0.4, -0.2) is 17.1 Å². The van der Waals surface area contributed by atoms with Crippen LogP contribution in [0, 0.1) is 16.1 Å². The van der Waals surface area contributed by atoms with Gasteiger partial charge in [-0.2, -0.15) is 34.9 Å². The third kappa shape index (κ3) is 16.7. The van der Waals surface area contributed by atoms with Gasteiger partial charge in [-0.25, -0.2) is 0 Å². The Labute approximate surface area is 220 Å². The minimum Gasteiger partial charge on any atom is -0.379 e. The molecule has 0 bridgehead atoms. The van der Waals surface area contributed by atoms with Gasteiger partial charge in [0.2, 0.25) is 0 Å². The fraction of sp³-hybridized carbons (Fsp3) is 0.720. The second-order valence-electron chi connectivity index (χ2n) is 9.13. The molecule has 0 N–H and O–H groups in total. The van der Waals surface area contributed by atoms with E-state index in [0.717, 1.165) is 12.2 Å². The SMILES string of the molecule is CCS[C-](SC(C)(C)C)C(C)(C)CCCCCCCCOCc1[c-]cccc1.[Li+].[Li+]. The fourth-order valence-electron chi connectivity index (χ4n) is 3.05. The van der Waals surface area contributed by atoms with Crippen LogP contribution in [0.15, 0.2) is 24.3 Å². The van der Waals surface area contributed by atoms with E-state index in [4.69, 9.17) is 4.74 Å². The molecule has 0 atom stereocenters. The van der Waals surface area contributed by atoms with Gasteiger partial charge in [0.15, 0.2) is 0 Å². The summed E-state index contributed by atoms with van der Waals surface area (Å²) in [5.74, 6) is 1.17. The molecule has 0 spiro atoms. The average molecular weight is 437 g/mol. The summed E-state index contributed by atoms with van der Waals surface area (Å²) in [6.45, 7) is 15.7. The molecule has 0 aliphatic carbocycles. The molecule has 162 valence electrons. The summed E-state index contributed by atoms with van der Waals surface area (Å²) in [7, 11) is 0. The second kappa shape index (κ2) is 18.5. The summed E-state index contributed by atoms with van der Waals surface area (Å²) in [4.78, 5) is 0. The van der Waals surface area contributed by atoms with E-state index in [1.165, 1.54) is 50.7 Å². The smallest absolute Gasteiger partial charge is 0.379 e. The molecule has 5 heteroatoms. The van der Waals surface area contributed by atoms with Crippen molar-refractivity contribution in [3.05, 3.63) is 40.5 Å². The van der Waals surface area contributed by atoms with Gasteiger partial charge in [0.05, 0.1) is 0 Å². The zero-order valence-electron chi connectivity index (χ0n) is 21.1. The number of hydrogen-bond donors (Lipinski definition) is 0. The number of ether oxygens (including phenoxy) is 1. The van der Waals surface area contributed by atoms with E-state index in [1.54, 1.807) is 4.58 Å². The molecule has 0 radical (unpaired) electrons. The van der Waals surface area contributed by atoms with E-state index in [1.807, 2.05) is 18.2 Å². The van der Waals surface area contributed by atoms with E-state index >= 15 is 0 Å². The first-order chi connectivity index (χ1) is 13.2. The van der Waals surface area contributed by atoms with Crippen molar-refractivity contribution in [1.82, 2.24) is 0 Å². The van der Waals surface area contributed by atoms with Gasteiger partial charge in [0, 0.05) is 13.2 Å². The van der Waals surface area contributed by atoms with Crippen LogP contribution in [0.4, 0.5) is 0 Å². The summed E-state index contributed by atoms with van der Waals surface area (Å²) in [6.07, 6.45) is 9.13. The summed E-state index contributed by atoms with van der Waals surface area (Å²) in [5.41, 5.74) is 1.47. The first-order valence-electron chi connectivity index (χ1n) is 11.0. The maximum absolute atomic E-state index is 5.74. The number of thioether (sulfide) groups is 2. The Morgan fingerprint density at radius 1 is 0.933 bits per heavy atom. The molecular weight excluding hydrogens is 394 g/mol. The molecule has 0 saturated heterocycles. The van der Waals surface area contributed by atoms with Crippen LogP contribution in [0.3, 0.4) is 0 Å². The molecule has 0 amide bonds. The number of hydrogen-bond acceptors (Lipinski definition) is 3. The van der Waals surface area contributed by atoms with Crippen molar-refractivity contribution in [3.63, 3.8) is 0 Å². The maximum Gasteiger partial charge on any atom is 1.00 e. The van der Waals surface area contributed by atoms with Gasteiger partial charge in [-0.3, -0.25) is 0 Å². The summed E-state index contributed by atoms with van der Waals surface area (Å²) >= 11 is 4.13. The minimum atomic E-state index is 0. The van der Waals surface area contributed by atoms with Gasteiger partial charge in [0.1, 0.15) is 0 Å². The molecule has 1 nitrogen and oxygen atoms in total. The topological polar surface area (TPSA) is 9.23 Å². The van der Waals surface area contributed by atoms with Crippen molar-refractivity contribution in [2.75, 3.05) is 12.4 Å². The Kier molecular flexibility index (Phi) is 20.5. The van der Waals surface area contributed by atoms with Gasteiger partial charge in [-0.05, 0) is 16.9 Å². The average Bonchev–Trinajstić information content (AvgIpc) is 2.62. The third-order valence-electron chi connectivity index (χ3n) is 4.60. The zero-order valence-corrected chi connectivity index (χ0v) is 22.7. The Hall–Kier alpha value is 1.07. The van der Waals surface area contributed by atoms with E-state index in [-0.39, 0.29) is 37.7 Å². The largest absolute Gasteiger partial charge is 1.00 e. The van der Waals surface area contributed by atoms with Gasteiger partial charge in [0.25, 0.3) is 0 Å². The first kappa shape index (κ1) is 33.2. The molecule has 0 aliphatic heterocycles. The maximum atomic E-state index is 5.74. The van der Waals surface area contributed by atoms with Crippen LogP contribution in [0.2, 0.25) is 0 Å². The van der Waals surface area contributed by atoms with E-state index in [2.05, 4.69) is 77.2 Å². The van der Waals surface area contributed by atoms with Crippen LogP contribution in [0.5, 0.6) is 0 Å². The first-order valence-corrected chi connectivity index (χ1v) is 12.8. The molecule has 0 heterocycles. The zero-order chi connectivity index (χ0) is 20.9. The van der Waals surface area contributed by atoms with Gasteiger partial charge in [-0.15, -0.1) is 11.0 Å². The van der Waals surface area contributed by atoms with Crippen LogP contribution in [0.25, 0.3) is 0 Å². The Morgan fingerprint density at radius 2 is 1.57 bits per heavy atom. The number of rotatable bonds is 15. The number of benzene rings is 1. The van der Waals surface area contributed by atoms with Crippen LogP contribution < -0.4 is 37.7 Å². The van der Waals surface area contributed by atoms with Crippen molar-refractivity contribution in [2.45, 2.75) is 97.8 Å². The second-order valence-corrected chi connectivity index (χ2v) is 12.5. The number of unbranched alkanes of at least 4 members (excludes halogenated alkanes) is 5. The third-order valence-corrected chi connectivity index (χ3v) is 7.66. The summed E-state index contributed by atoms with van der Waals surface area (Å²) < 4.78 is 7.66. The Balaban J connectivity index is 0. The Morgan fingerprint density at radius 3 is 2.13 bits per heavy atom. The van der Waals surface area contributed by atoms with Crippen molar-refractivity contribution in [2.24, 2.45) is 5.41 Å². The van der Waals surface area contributed by atoms with Crippen molar-refractivity contribution in [1.29, 1.82) is 0 Å². The summed E-state index contributed by atoms with van der Waals surface area (Å²) in [5, 5.41) is 0. The van der Waals surface area contributed by atoms with Crippen LogP contribution in [-0.2, 0) is 11.3 Å². The molecule has 0 aliphatic rings. The Bertz CT molecular complexity index is 504. The molecule has 0 unspecified atom stereocenters. The van der Waals surface area contributed by atoms with E-state index in [0.29, 0.717) is 16.8 Å². The van der Waals surface area contributed by atoms with Crippen LogP contribution in [0.1, 0.15) is 92.1 Å². The van der Waals surface area contributed by atoms with Crippen molar-refractivity contribution < 1.29 is 42.5 Å². The standard InChI is InChI=1S/C25H42OS2.2Li/c1-7-27-23(28-24(2,3)4)25(5,6)19-15-10-8-9-11-16-20-26-21-22-17-13-12-14-18-22;;/h12-14,17H,7-11,15-16,19-21H2,1-6H3;;/q-2;2*+1. The normalized spacial score (nSPS) is 11.8.